The Morgan fingerprint density at radius 3 is 1.96 bits per heavy atom. The third-order valence-electron chi connectivity index (χ3n) is 3.88. The summed E-state index contributed by atoms with van der Waals surface area (Å²) in [5, 5.41) is 0. The van der Waals surface area contributed by atoms with Gasteiger partial charge in [-0.3, -0.25) is 14.5 Å². The van der Waals surface area contributed by atoms with Crippen LogP contribution in [0.3, 0.4) is 0 Å². The zero-order valence-corrected chi connectivity index (χ0v) is 18.0. The molecule has 0 unspecified atom stereocenters. The Labute approximate surface area is 163 Å². The van der Waals surface area contributed by atoms with Gasteiger partial charge in [0.05, 0.1) is 32.6 Å². The molecular weight excluding hydrogens is 368 g/mol. The number of carbonyl (C=O) groups excluding carboxylic acids is 2. The molecule has 0 saturated heterocycles. The molecule has 0 spiro atoms. The van der Waals surface area contributed by atoms with Crippen LogP contribution in [0.25, 0.3) is 0 Å². The Morgan fingerprint density at radius 1 is 1.04 bits per heavy atom. The maximum atomic E-state index is 11.4. The molecule has 0 aliphatic carbocycles. The Kier molecular flexibility index (Phi) is 10.4. The molecule has 1 rings (SSSR count). The highest BCUT2D eigenvalue weighted by atomic mass is 32.2. The van der Waals surface area contributed by atoms with Crippen molar-refractivity contribution >= 4 is 21.9 Å². The molecule has 0 atom stereocenters. The number of rotatable bonds is 7. The second kappa shape index (κ2) is 11.2. The predicted molar refractivity (Wildman–Crippen MR) is 104 cm³/mol. The summed E-state index contributed by atoms with van der Waals surface area (Å²) in [7, 11) is 3.75. The van der Waals surface area contributed by atoms with Gasteiger partial charge in [0.1, 0.15) is 10.1 Å². The van der Waals surface area contributed by atoms with Crippen LogP contribution in [0.1, 0.15) is 38.2 Å². The zero-order valence-electron chi connectivity index (χ0n) is 17.2. The summed E-state index contributed by atoms with van der Waals surface area (Å²) in [6, 6.07) is 5.78. The molecule has 1 aromatic carbocycles. The van der Waals surface area contributed by atoms with Gasteiger partial charge in [-0.15, -0.1) is 0 Å². The fourth-order valence-corrected chi connectivity index (χ4v) is 2.56. The van der Waals surface area contributed by atoms with Gasteiger partial charge in [0, 0.05) is 20.4 Å². The van der Waals surface area contributed by atoms with Crippen molar-refractivity contribution in [1.29, 1.82) is 0 Å². The summed E-state index contributed by atoms with van der Waals surface area (Å²) in [5.41, 5.74) is 0.928. The van der Waals surface area contributed by atoms with Gasteiger partial charge in [-0.2, -0.15) is 0 Å². The SMILES string of the molecule is CC(=O)N(C)C(=O)CCCCC[N+](C)(C)C.Cc1ccc(S(=O)(=O)[O-])cc1. The van der Waals surface area contributed by atoms with E-state index >= 15 is 0 Å². The van der Waals surface area contributed by atoms with E-state index < -0.39 is 10.1 Å². The van der Waals surface area contributed by atoms with Crippen LogP contribution >= 0.6 is 0 Å². The van der Waals surface area contributed by atoms with Crippen molar-refractivity contribution in [2.24, 2.45) is 0 Å². The minimum atomic E-state index is -4.27. The van der Waals surface area contributed by atoms with Crippen molar-refractivity contribution in [2.75, 3.05) is 34.7 Å². The second-order valence-electron chi connectivity index (χ2n) is 7.56. The number of unbranched alkanes of at least 4 members (excludes halogenated alkanes) is 2. The summed E-state index contributed by atoms with van der Waals surface area (Å²) in [4.78, 5) is 23.4. The summed E-state index contributed by atoms with van der Waals surface area (Å²) >= 11 is 0. The highest BCUT2D eigenvalue weighted by molar-refractivity contribution is 7.85. The van der Waals surface area contributed by atoms with Gasteiger partial charge in [0.2, 0.25) is 11.8 Å². The zero-order chi connectivity index (χ0) is 21.3. The van der Waals surface area contributed by atoms with E-state index in [1.807, 2.05) is 6.92 Å². The lowest BCUT2D eigenvalue weighted by atomic mass is 10.1. The van der Waals surface area contributed by atoms with Crippen molar-refractivity contribution < 1.29 is 27.0 Å². The molecule has 8 heteroatoms. The molecule has 0 fully saturated rings. The lowest BCUT2D eigenvalue weighted by Crippen LogP contribution is -2.35. The van der Waals surface area contributed by atoms with Crippen LogP contribution in [0, 0.1) is 6.92 Å². The molecule has 0 saturated carbocycles. The Bertz CT molecular complexity index is 707. The standard InChI is InChI=1S/C12H25N2O2.C7H8O3S/c1-11(15)13(2)12(16)9-7-6-8-10-14(3,4)5;1-6-2-4-7(5-3-6)11(8,9)10/h6-10H2,1-5H3;2-5H,1H3,(H,8,9,10)/q+1;/p-1. The van der Waals surface area contributed by atoms with Gasteiger partial charge in [0.15, 0.2) is 0 Å². The largest absolute Gasteiger partial charge is 0.744 e. The highest BCUT2D eigenvalue weighted by Crippen LogP contribution is 2.08. The topological polar surface area (TPSA) is 94.6 Å². The average molecular weight is 401 g/mol. The fourth-order valence-electron chi connectivity index (χ4n) is 2.09. The molecule has 154 valence electrons. The maximum absolute atomic E-state index is 11.4. The van der Waals surface area contributed by atoms with E-state index in [1.54, 1.807) is 12.1 Å². The van der Waals surface area contributed by atoms with E-state index in [0.717, 1.165) is 35.9 Å². The molecule has 7 nitrogen and oxygen atoms in total. The van der Waals surface area contributed by atoms with Gasteiger partial charge < -0.3 is 9.04 Å². The van der Waals surface area contributed by atoms with Crippen LogP contribution in [0.2, 0.25) is 0 Å². The van der Waals surface area contributed by atoms with Gasteiger partial charge in [-0.1, -0.05) is 17.7 Å². The second-order valence-corrected chi connectivity index (χ2v) is 8.94. The molecular formula is C19H32N2O5S. The minimum absolute atomic E-state index is 0.0715. The number of nitrogens with zero attached hydrogens (tertiary/aromatic N) is 2. The number of benzene rings is 1. The quantitative estimate of drug-likeness (QED) is 0.397. The molecule has 1 aromatic rings. The van der Waals surface area contributed by atoms with E-state index in [4.69, 9.17) is 0 Å². The molecule has 0 aromatic heterocycles. The maximum Gasteiger partial charge on any atom is 0.228 e. The summed E-state index contributed by atoms with van der Waals surface area (Å²) < 4.78 is 32.1. The van der Waals surface area contributed by atoms with Crippen LogP contribution in [-0.4, -0.2) is 68.9 Å². The Balaban J connectivity index is 0.000000533. The van der Waals surface area contributed by atoms with Crippen LogP contribution in [0.5, 0.6) is 0 Å². The van der Waals surface area contributed by atoms with Gasteiger partial charge >= 0.3 is 0 Å². The van der Waals surface area contributed by atoms with Crippen molar-refractivity contribution in [2.45, 2.75) is 44.4 Å². The molecule has 0 aliphatic heterocycles. The number of hydrogen-bond donors (Lipinski definition) is 0. The van der Waals surface area contributed by atoms with Crippen molar-refractivity contribution in [3.63, 3.8) is 0 Å². The number of quaternary nitrogens is 1. The molecule has 0 aliphatic rings. The lowest BCUT2D eigenvalue weighted by Gasteiger charge is -2.23. The van der Waals surface area contributed by atoms with E-state index in [0.29, 0.717) is 6.42 Å². The van der Waals surface area contributed by atoms with Crippen LogP contribution in [0.15, 0.2) is 29.2 Å². The molecule has 2 amide bonds. The van der Waals surface area contributed by atoms with Crippen molar-refractivity contribution in [3.8, 4) is 0 Å². The summed E-state index contributed by atoms with van der Waals surface area (Å²) in [5.74, 6) is -0.255. The molecule has 0 bridgehead atoms. The van der Waals surface area contributed by atoms with Gasteiger partial charge in [0.25, 0.3) is 0 Å². The van der Waals surface area contributed by atoms with E-state index in [-0.39, 0.29) is 16.7 Å². The van der Waals surface area contributed by atoms with Crippen LogP contribution < -0.4 is 0 Å². The predicted octanol–water partition coefficient (Wildman–Crippen LogP) is 2.16. The summed E-state index contributed by atoms with van der Waals surface area (Å²) in [6.07, 6.45) is 3.53. The fraction of sp³-hybridized carbons (Fsp3) is 0.579. The summed E-state index contributed by atoms with van der Waals surface area (Å²) in [6.45, 7) is 4.35. The molecule has 0 radical (unpaired) electrons. The first-order valence-electron chi connectivity index (χ1n) is 8.84. The number of imide groups is 1. The molecule has 0 N–H and O–H groups in total. The Morgan fingerprint density at radius 2 is 1.56 bits per heavy atom. The van der Waals surface area contributed by atoms with Crippen molar-refractivity contribution in [1.82, 2.24) is 4.90 Å². The third-order valence-corrected chi connectivity index (χ3v) is 4.73. The number of aryl methyl sites for hydroxylation is 1. The number of hydrogen-bond acceptors (Lipinski definition) is 5. The van der Waals surface area contributed by atoms with E-state index in [1.165, 1.54) is 31.0 Å². The van der Waals surface area contributed by atoms with Crippen LogP contribution in [0.4, 0.5) is 0 Å². The first-order valence-corrected chi connectivity index (χ1v) is 10.2. The van der Waals surface area contributed by atoms with E-state index in [9.17, 15) is 22.6 Å². The normalized spacial score (nSPS) is 11.4. The van der Waals surface area contributed by atoms with Crippen LogP contribution in [-0.2, 0) is 19.7 Å². The average Bonchev–Trinajstić information content (AvgIpc) is 2.52. The minimum Gasteiger partial charge on any atom is -0.744 e. The van der Waals surface area contributed by atoms with E-state index in [2.05, 4.69) is 21.1 Å². The molecule has 0 heterocycles. The van der Waals surface area contributed by atoms with Gasteiger partial charge in [-0.25, -0.2) is 8.42 Å². The van der Waals surface area contributed by atoms with Gasteiger partial charge in [-0.05, 0) is 38.3 Å². The Hall–Kier alpha value is -1.77. The number of amides is 2. The third kappa shape index (κ3) is 12.3. The van der Waals surface area contributed by atoms with Crippen molar-refractivity contribution in [3.05, 3.63) is 29.8 Å². The highest BCUT2D eigenvalue weighted by Gasteiger charge is 2.12. The number of carbonyl (C=O) groups is 2. The first-order chi connectivity index (χ1) is 12.2. The lowest BCUT2D eigenvalue weighted by molar-refractivity contribution is -0.870. The molecule has 27 heavy (non-hydrogen) atoms. The first kappa shape index (κ1) is 25.2. The smallest absolute Gasteiger partial charge is 0.228 e. The monoisotopic (exact) mass is 400 g/mol.